The number of amides is 2. The van der Waals surface area contributed by atoms with E-state index in [1.54, 1.807) is 36.4 Å². The van der Waals surface area contributed by atoms with Crippen LogP contribution in [-0.2, 0) is 52.2 Å². The Hall–Kier alpha value is -2.83. The van der Waals surface area contributed by atoms with Gasteiger partial charge < -0.3 is 37.9 Å². The van der Waals surface area contributed by atoms with Gasteiger partial charge in [0.2, 0.25) is 0 Å². The zero-order chi connectivity index (χ0) is 34.3. The maximum absolute atomic E-state index is 12.3. The van der Waals surface area contributed by atoms with Gasteiger partial charge in [0.25, 0.3) is 21.9 Å². The molecule has 1 aliphatic heterocycles. The molecule has 0 aromatic heterocycles. The molecule has 268 valence electrons. The van der Waals surface area contributed by atoms with Crippen molar-refractivity contribution in [2.45, 2.75) is 11.8 Å². The zero-order valence-electron chi connectivity index (χ0n) is 27.5. The summed E-state index contributed by atoms with van der Waals surface area (Å²) < 4.78 is 72.6. The summed E-state index contributed by atoms with van der Waals surface area (Å²) in [5.74, 6) is -0.572. The number of carbonyl (C=O) groups excluding carboxylic acids is 2. The quantitative estimate of drug-likeness (QED) is 0.0693. The molecule has 0 aliphatic carbocycles. The predicted octanol–water partition coefficient (Wildman–Crippen LogP) is 2.13. The minimum atomic E-state index is -3.78. The third-order valence-electron chi connectivity index (χ3n) is 6.72. The molecule has 0 bridgehead atoms. The maximum atomic E-state index is 12.3. The normalized spacial score (nSPS) is 13.1. The van der Waals surface area contributed by atoms with Crippen LogP contribution >= 0.6 is 0 Å². The van der Waals surface area contributed by atoms with Gasteiger partial charge in [-0.05, 0) is 31.2 Å². The first-order valence-corrected chi connectivity index (χ1v) is 17.3. The Morgan fingerprint density at radius 3 is 1.19 bits per heavy atom. The third kappa shape index (κ3) is 15.2. The van der Waals surface area contributed by atoms with Gasteiger partial charge in [0.1, 0.15) is 0 Å². The van der Waals surface area contributed by atoms with E-state index >= 15 is 0 Å². The maximum Gasteiger partial charge on any atom is 0.297 e. The van der Waals surface area contributed by atoms with Crippen molar-refractivity contribution < 1.29 is 60.1 Å². The van der Waals surface area contributed by atoms with Crippen molar-refractivity contribution in [3.63, 3.8) is 0 Å². The van der Waals surface area contributed by atoms with Crippen LogP contribution in [0.25, 0.3) is 0 Å². The first kappa shape index (κ1) is 39.6. The fourth-order valence-electron chi connectivity index (χ4n) is 4.22. The van der Waals surface area contributed by atoms with Gasteiger partial charge in [-0.1, -0.05) is 29.8 Å². The van der Waals surface area contributed by atoms with Crippen molar-refractivity contribution in [1.29, 1.82) is 0 Å². The van der Waals surface area contributed by atoms with E-state index in [-0.39, 0.29) is 43.1 Å². The standard InChI is InChI=1S/C33H47NO13S/c1-28-6-8-29(9-7-28)48(37,38)47-27-26-46-25-24-45-23-22-44-21-20-43-19-18-42-17-16-41-15-14-40-13-12-39-11-10-34-32(35)30-4-2-3-5-31(30)33(34)36/h2-9H,10-27H2,1H3. The van der Waals surface area contributed by atoms with Gasteiger partial charge in [-0.15, -0.1) is 0 Å². The Labute approximate surface area is 282 Å². The molecule has 1 heterocycles. The van der Waals surface area contributed by atoms with Crippen LogP contribution in [0.4, 0.5) is 0 Å². The summed E-state index contributed by atoms with van der Waals surface area (Å²) in [6.07, 6.45) is 0. The lowest BCUT2D eigenvalue weighted by Crippen LogP contribution is -2.33. The second kappa shape index (κ2) is 23.5. The highest BCUT2D eigenvalue weighted by atomic mass is 32.2. The van der Waals surface area contributed by atoms with Gasteiger partial charge in [-0.2, -0.15) is 8.42 Å². The highest BCUT2D eigenvalue weighted by Crippen LogP contribution is 2.21. The van der Waals surface area contributed by atoms with E-state index in [9.17, 15) is 18.0 Å². The number of hydrogen-bond acceptors (Lipinski definition) is 13. The van der Waals surface area contributed by atoms with Crippen LogP contribution in [0, 0.1) is 6.92 Å². The summed E-state index contributed by atoms with van der Waals surface area (Å²) in [6, 6.07) is 13.2. The van der Waals surface area contributed by atoms with Gasteiger partial charge >= 0.3 is 0 Å². The third-order valence-corrected chi connectivity index (χ3v) is 8.04. The molecule has 0 unspecified atom stereocenters. The lowest BCUT2D eigenvalue weighted by Gasteiger charge is -2.13. The molecule has 0 N–H and O–H groups in total. The van der Waals surface area contributed by atoms with Crippen molar-refractivity contribution in [2.75, 3.05) is 119 Å². The van der Waals surface area contributed by atoms with E-state index in [4.69, 9.17) is 42.1 Å². The average molecular weight is 698 g/mol. The molecular weight excluding hydrogens is 650 g/mol. The first-order chi connectivity index (χ1) is 23.4. The van der Waals surface area contributed by atoms with Gasteiger partial charge in [0, 0.05) is 0 Å². The highest BCUT2D eigenvalue weighted by Gasteiger charge is 2.34. The molecule has 0 saturated carbocycles. The number of fused-ring (bicyclic) bond motifs is 1. The number of rotatable bonds is 29. The first-order valence-electron chi connectivity index (χ1n) is 15.9. The van der Waals surface area contributed by atoms with Crippen molar-refractivity contribution in [2.24, 2.45) is 0 Å². The molecule has 0 spiro atoms. The lowest BCUT2D eigenvalue weighted by molar-refractivity contribution is -0.0237. The average Bonchev–Trinajstić information content (AvgIpc) is 3.32. The van der Waals surface area contributed by atoms with E-state index < -0.39 is 10.1 Å². The Morgan fingerprint density at radius 2 is 0.812 bits per heavy atom. The fourth-order valence-corrected chi connectivity index (χ4v) is 5.11. The number of benzene rings is 2. The lowest BCUT2D eigenvalue weighted by atomic mass is 10.1. The molecule has 0 fully saturated rings. The van der Waals surface area contributed by atoms with Gasteiger partial charge in [0.15, 0.2) is 0 Å². The van der Waals surface area contributed by atoms with Crippen LogP contribution in [0.15, 0.2) is 53.4 Å². The summed E-state index contributed by atoms with van der Waals surface area (Å²) in [5, 5.41) is 0. The Bertz CT molecular complexity index is 1270. The molecule has 0 saturated heterocycles. The summed E-state index contributed by atoms with van der Waals surface area (Å²) >= 11 is 0. The number of hydrogen-bond donors (Lipinski definition) is 0. The summed E-state index contributed by atoms with van der Waals surface area (Å²) in [7, 11) is -3.78. The molecule has 2 amide bonds. The molecule has 0 atom stereocenters. The van der Waals surface area contributed by atoms with Crippen LogP contribution in [-0.4, -0.2) is 144 Å². The van der Waals surface area contributed by atoms with E-state index in [0.29, 0.717) is 104 Å². The van der Waals surface area contributed by atoms with E-state index in [2.05, 4.69) is 0 Å². The van der Waals surface area contributed by atoms with Crippen LogP contribution < -0.4 is 0 Å². The van der Waals surface area contributed by atoms with Crippen molar-refractivity contribution in [3.05, 3.63) is 65.2 Å². The summed E-state index contributed by atoms with van der Waals surface area (Å²) in [4.78, 5) is 25.9. The molecule has 2 aromatic carbocycles. The zero-order valence-corrected chi connectivity index (χ0v) is 28.3. The smallest absolute Gasteiger partial charge is 0.297 e. The van der Waals surface area contributed by atoms with Crippen LogP contribution in [0.2, 0.25) is 0 Å². The van der Waals surface area contributed by atoms with Gasteiger partial charge in [0.05, 0.1) is 135 Å². The molecule has 0 radical (unpaired) electrons. The molecule has 14 nitrogen and oxygen atoms in total. The fraction of sp³-hybridized carbons (Fsp3) is 0.576. The molecular formula is C33H47NO13S. The number of imide groups is 1. The van der Waals surface area contributed by atoms with Crippen LogP contribution in [0.1, 0.15) is 26.3 Å². The van der Waals surface area contributed by atoms with Crippen molar-refractivity contribution in [1.82, 2.24) is 4.90 Å². The summed E-state index contributed by atoms with van der Waals surface area (Å²) in [5.41, 5.74) is 1.84. The van der Waals surface area contributed by atoms with Gasteiger partial charge in [-0.3, -0.25) is 18.7 Å². The second-order valence-electron chi connectivity index (χ2n) is 10.3. The highest BCUT2D eigenvalue weighted by molar-refractivity contribution is 7.86. The molecule has 48 heavy (non-hydrogen) atoms. The minimum absolute atomic E-state index is 0.0683. The van der Waals surface area contributed by atoms with Crippen LogP contribution in [0.3, 0.4) is 0 Å². The number of aryl methyl sites for hydroxylation is 1. The van der Waals surface area contributed by atoms with Crippen molar-refractivity contribution >= 4 is 21.9 Å². The molecule has 15 heteroatoms. The predicted molar refractivity (Wildman–Crippen MR) is 173 cm³/mol. The Morgan fingerprint density at radius 1 is 0.479 bits per heavy atom. The SMILES string of the molecule is Cc1ccc(S(=O)(=O)OCCOCCOCCOCCOCCOCCOCCOCCOCCN2C(=O)c3ccccc3C2=O)cc1. The van der Waals surface area contributed by atoms with E-state index in [1.165, 1.54) is 17.0 Å². The van der Waals surface area contributed by atoms with Crippen LogP contribution in [0.5, 0.6) is 0 Å². The van der Waals surface area contributed by atoms with Gasteiger partial charge in [-0.25, -0.2) is 0 Å². The molecule has 3 rings (SSSR count). The Balaban J connectivity index is 0.967. The molecule has 1 aliphatic rings. The van der Waals surface area contributed by atoms with Crippen molar-refractivity contribution in [3.8, 4) is 0 Å². The number of nitrogens with zero attached hydrogens (tertiary/aromatic N) is 1. The largest absolute Gasteiger partial charge is 0.377 e. The summed E-state index contributed by atoms with van der Waals surface area (Å²) in [6.45, 7) is 8.16. The topological polar surface area (TPSA) is 155 Å². The Kier molecular flexibility index (Phi) is 19.4. The monoisotopic (exact) mass is 697 g/mol. The number of carbonyl (C=O) groups is 2. The molecule has 2 aromatic rings. The second-order valence-corrected chi connectivity index (χ2v) is 11.9. The van der Waals surface area contributed by atoms with E-state index in [0.717, 1.165) is 5.56 Å². The van der Waals surface area contributed by atoms with E-state index in [1.807, 2.05) is 6.92 Å². The number of ether oxygens (including phenoxy) is 8. The minimum Gasteiger partial charge on any atom is -0.377 e.